The Bertz CT molecular complexity index is 1160. The summed E-state index contributed by atoms with van der Waals surface area (Å²) >= 11 is 0. The van der Waals surface area contributed by atoms with Crippen LogP contribution in [0, 0.1) is 0 Å². The molecule has 2 rings (SSSR count). The lowest BCUT2D eigenvalue weighted by Gasteiger charge is -2.08. The molecule has 0 spiro atoms. The molecule has 9 nitrogen and oxygen atoms in total. The van der Waals surface area contributed by atoms with Gasteiger partial charge in [-0.15, -0.1) is 0 Å². The van der Waals surface area contributed by atoms with E-state index in [1.807, 2.05) is 0 Å². The molecule has 0 aromatic heterocycles. The maximum absolute atomic E-state index is 12.2. The molecule has 0 aliphatic heterocycles. The highest BCUT2D eigenvalue weighted by Gasteiger charge is 2.07. The Morgan fingerprint density at radius 1 is 0.707 bits per heavy atom. The second kappa shape index (κ2) is 18.8. The number of hydrogen-bond acceptors (Lipinski definition) is 9. The molecule has 0 amide bonds. The minimum Gasteiger partial charge on any atom is -0.494 e. The van der Waals surface area contributed by atoms with Crippen LogP contribution >= 0.6 is 0 Å². The molecule has 2 aromatic carbocycles. The van der Waals surface area contributed by atoms with Crippen molar-refractivity contribution in [1.29, 1.82) is 0 Å². The number of aliphatic hydroxyl groups excluding tert-OH is 1. The molecule has 0 heterocycles. The van der Waals surface area contributed by atoms with Gasteiger partial charge in [-0.2, -0.15) is 0 Å². The van der Waals surface area contributed by atoms with Gasteiger partial charge >= 0.3 is 17.9 Å². The molecule has 220 valence electrons. The largest absolute Gasteiger partial charge is 0.494 e. The summed E-state index contributed by atoms with van der Waals surface area (Å²) in [5.74, 6) is 0.254. The van der Waals surface area contributed by atoms with Gasteiger partial charge in [0.2, 0.25) is 0 Å². The lowest BCUT2D eigenvalue weighted by atomic mass is 10.2. The van der Waals surface area contributed by atoms with E-state index in [0.29, 0.717) is 49.1 Å². The SMILES string of the molecule is C=C(C)C(=O)OCCCCCCOc1ccc(OC(=O)/C=C/c2ccc(OCCCOC(=O)C(=C)CO)cc2)cc1. The molecule has 0 radical (unpaired) electrons. The number of ether oxygens (including phenoxy) is 5. The molecule has 9 heteroatoms. The van der Waals surface area contributed by atoms with E-state index in [0.717, 1.165) is 31.2 Å². The first-order valence-electron chi connectivity index (χ1n) is 13.4. The fraction of sp³-hybridized carbons (Fsp3) is 0.344. The summed E-state index contributed by atoms with van der Waals surface area (Å²) in [5.41, 5.74) is 1.21. The van der Waals surface area contributed by atoms with Gasteiger partial charge in [-0.05, 0) is 80.6 Å². The minimum atomic E-state index is -0.621. The maximum atomic E-state index is 12.2. The summed E-state index contributed by atoms with van der Waals surface area (Å²) in [5, 5.41) is 8.82. The van der Waals surface area contributed by atoms with Gasteiger partial charge in [-0.25, -0.2) is 14.4 Å². The molecule has 0 atom stereocenters. The summed E-state index contributed by atoms with van der Waals surface area (Å²) in [4.78, 5) is 34.9. The Balaban J connectivity index is 1.61. The van der Waals surface area contributed by atoms with Crippen molar-refractivity contribution in [2.24, 2.45) is 0 Å². The van der Waals surface area contributed by atoms with E-state index in [1.165, 1.54) is 6.08 Å². The molecular weight excluding hydrogens is 528 g/mol. The predicted octanol–water partition coefficient (Wildman–Crippen LogP) is 5.22. The number of carbonyl (C=O) groups is 3. The second-order valence-electron chi connectivity index (χ2n) is 9.07. The minimum absolute atomic E-state index is 0.0127. The Morgan fingerprint density at radius 3 is 1.83 bits per heavy atom. The number of unbranched alkanes of at least 4 members (excludes halogenated alkanes) is 3. The maximum Gasteiger partial charge on any atom is 0.336 e. The van der Waals surface area contributed by atoms with Crippen molar-refractivity contribution in [2.45, 2.75) is 39.0 Å². The van der Waals surface area contributed by atoms with Crippen molar-refractivity contribution in [3.8, 4) is 17.2 Å². The van der Waals surface area contributed by atoms with Gasteiger partial charge in [0.1, 0.15) is 17.2 Å². The van der Waals surface area contributed by atoms with Crippen LogP contribution in [0.5, 0.6) is 17.2 Å². The van der Waals surface area contributed by atoms with E-state index in [4.69, 9.17) is 28.8 Å². The summed E-state index contributed by atoms with van der Waals surface area (Å²) in [6.07, 6.45) is 7.06. The van der Waals surface area contributed by atoms with Gasteiger partial charge in [0.05, 0.1) is 38.6 Å². The van der Waals surface area contributed by atoms with Crippen LogP contribution in [0.15, 0.2) is 78.9 Å². The van der Waals surface area contributed by atoms with Gasteiger partial charge in [0, 0.05) is 18.1 Å². The van der Waals surface area contributed by atoms with Crippen LogP contribution < -0.4 is 14.2 Å². The first-order valence-corrected chi connectivity index (χ1v) is 13.4. The zero-order chi connectivity index (χ0) is 29.9. The van der Waals surface area contributed by atoms with Crippen molar-refractivity contribution in [3.63, 3.8) is 0 Å². The molecule has 0 unspecified atom stereocenters. The normalized spacial score (nSPS) is 10.6. The molecule has 0 fully saturated rings. The first kappa shape index (κ1) is 32.8. The standard InChI is InChI=1S/C32H38O9/c1-24(2)31(35)39-20-7-5-4-6-19-37-28-14-16-29(17-15-28)41-30(34)18-11-26-9-12-27(13-10-26)38-21-8-22-40-32(36)25(3)23-33/h9-18,33H,1,3-8,19-23H2,2H3/b18-11+. The van der Waals surface area contributed by atoms with E-state index in [9.17, 15) is 14.4 Å². The van der Waals surface area contributed by atoms with Crippen LogP contribution in [0.25, 0.3) is 6.08 Å². The number of esters is 3. The van der Waals surface area contributed by atoms with E-state index >= 15 is 0 Å². The molecule has 2 aromatic rings. The molecule has 41 heavy (non-hydrogen) atoms. The quantitative estimate of drug-likeness (QED) is 0.106. The third-order valence-electron chi connectivity index (χ3n) is 5.49. The molecule has 0 aliphatic carbocycles. The van der Waals surface area contributed by atoms with Crippen molar-refractivity contribution in [2.75, 3.05) is 33.0 Å². The Morgan fingerprint density at radius 2 is 1.22 bits per heavy atom. The van der Waals surface area contributed by atoms with Crippen molar-refractivity contribution in [3.05, 3.63) is 84.5 Å². The Kier molecular flexibility index (Phi) is 15.1. The summed E-state index contributed by atoms with van der Waals surface area (Å²) in [6.45, 7) is 9.61. The Labute approximate surface area is 241 Å². The second-order valence-corrected chi connectivity index (χ2v) is 9.07. The number of carbonyl (C=O) groups excluding carboxylic acids is 3. The zero-order valence-electron chi connectivity index (χ0n) is 23.5. The molecule has 0 aliphatic rings. The van der Waals surface area contributed by atoms with E-state index in [1.54, 1.807) is 61.5 Å². The van der Waals surface area contributed by atoms with E-state index in [2.05, 4.69) is 13.2 Å². The van der Waals surface area contributed by atoms with E-state index < -0.39 is 18.5 Å². The Hall–Kier alpha value is -4.37. The van der Waals surface area contributed by atoms with Crippen molar-refractivity contribution < 1.29 is 43.2 Å². The van der Waals surface area contributed by atoms with E-state index in [-0.39, 0.29) is 18.1 Å². The average molecular weight is 567 g/mol. The highest BCUT2D eigenvalue weighted by Crippen LogP contribution is 2.19. The smallest absolute Gasteiger partial charge is 0.336 e. The summed E-state index contributed by atoms with van der Waals surface area (Å²) < 4.78 is 26.7. The van der Waals surface area contributed by atoms with Crippen LogP contribution in [0.1, 0.15) is 44.6 Å². The van der Waals surface area contributed by atoms with Gasteiger partial charge < -0.3 is 28.8 Å². The highest BCUT2D eigenvalue weighted by molar-refractivity contribution is 5.89. The fourth-order valence-electron chi connectivity index (χ4n) is 3.21. The monoisotopic (exact) mass is 566 g/mol. The summed E-state index contributed by atoms with van der Waals surface area (Å²) in [6, 6.07) is 14.0. The molecule has 0 saturated heterocycles. The van der Waals surface area contributed by atoms with Crippen molar-refractivity contribution in [1.82, 2.24) is 0 Å². The lowest BCUT2D eigenvalue weighted by molar-refractivity contribution is -0.140. The van der Waals surface area contributed by atoms with Gasteiger partial charge in [0.25, 0.3) is 0 Å². The predicted molar refractivity (Wildman–Crippen MR) is 155 cm³/mol. The first-order chi connectivity index (χ1) is 19.8. The summed E-state index contributed by atoms with van der Waals surface area (Å²) in [7, 11) is 0. The number of rotatable bonds is 19. The van der Waals surface area contributed by atoms with Crippen LogP contribution in [0.4, 0.5) is 0 Å². The van der Waals surface area contributed by atoms with Gasteiger partial charge in [0.15, 0.2) is 0 Å². The van der Waals surface area contributed by atoms with Crippen molar-refractivity contribution >= 4 is 24.0 Å². The van der Waals surface area contributed by atoms with Crippen LogP contribution in [-0.4, -0.2) is 56.0 Å². The lowest BCUT2D eigenvalue weighted by Crippen LogP contribution is -2.12. The van der Waals surface area contributed by atoms with Gasteiger partial charge in [-0.1, -0.05) is 25.3 Å². The number of hydrogen-bond donors (Lipinski definition) is 1. The number of benzene rings is 2. The highest BCUT2D eigenvalue weighted by atomic mass is 16.5. The van der Waals surface area contributed by atoms with Gasteiger partial charge in [-0.3, -0.25) is 0 Å². The number of aliphatic hydroxyl groups is 1. The molecular formula is C32H38O9. The molecule has 0 bridgehead atoms. The van der Waals surface area contributed by atoms with Crippen LogP contribution in [-0.2, 0) is 23.9 Å². The molecule has 0 saturated carbocycles. The third-order valence-corrected chi connectivity index (χ3v) is 5.49. The van der Waals surface area contributed by atoms with Crippen LogP contribution in [0.3, 0.4) is 0 Å². The van der Waals surface area contributed by atoms with Crippen LogP contribution in [0.2, 0.25) is 0 Å². The fourth-order valence-corrected chi connectivity index (χ4v) is 3.21. The topological polar surface area (TPSA) is 118 Å². The third kappa shape index (κ3) is 14.0. The zero-order valence-corrected chi connectivity index (χ0v) is 23.5. The average Bonchev–Trinajstić information content (AvgIpc) is 2.97. The molecule has 1 N–H and O–H groups in total.